The zero-order valence-electron chi connectivity index (χ0n) is 14.5. The van der Waals surface area contributed by atoms with Crippen molar-refractivity contribution < 1.29 is 0 Å². The van der Waals surface area contributed by atoms with Crippen molar-refractivity contribution in [1.82, 2.24) is 0 Å². The number of benzene rings is 2. The van der Waals surface area contributed by atoms with E-state index >= 15 is 0 Å². The maximum absolute atomic E-state index is 8.95. The van der Waals surface area contributed by atoms with Crippen molar-refractivity contribution in [3.8, 4) is 0 Å². The van der Waals surface area contributed by atoms with E-state index in [1.807, 2.05) is 0 Å². The Balaban J connectivity index is 2.17. The second-order valence-electron chi connectivity index (χ2n) is 6.84. The molecule has 1 aliphatic carbocycles. The zero-order valence-corrected chi connectivity index (χ0v) is 15.3. The highest BCUT2D eigenvalue weighted by molar-refractivity contribution is 7.08. The largest absolute Gasteiger partial charge is 0.300 e. The minimum Gasteiger partial charge on any atom is -0.300 e. The lowest BCUT2D eigenvalue weighted by Crippen LogP contribution is -2.24. The lowest BCUT2D eigenvalue weighted by molar-refractivity contribution is 0.925. The third-order valence-corrected chi connectivity index (χ3v) is 6.00. The fraction of sp³-hybridized carbons (Fsp3) is 0.227. The van der Waals surface area contributed by atoms with Gasteiger partial charge in [-0.05, 0) is 83.5 Å². The van der Waals surface area contributed by atoms with E-state index in [1.54, 1.807) is 11.3 Å². The summed E-state index contributed by atoms with van der Waals surface area (Å²) >= 11 is 1.75. The first-order valence-electron chi connectivity index (χ1n) is 8.32. The van der Waals surface area contributed by atoms with Gasteiger partial charge >= 0.3 is 0 Å². The third-order valence-electron chi connectivity index (χ3n) is 5.30. The van der Waals surface area contributed by atoms with Crippen LogP contribution in [0.2, 0.25) is 0 Å². The monoisotopic (exact) mass is 331 g/mol. The molecular weight excluding hydrogens is 310 g/mol. The van der Waals surface area contributed by atoms with E-state index < -0.39 is 0 Å². The van der Waals surface area contributed by atoms with Crippen LogP contribution in [0.4, 0.5) is 0 Å². The van der Waals surface area contributed by atoms with Crippen LogP contribution in [0.25, 0.3) is 0 Å². The summed E-state index contributed by atoms with van der Waals surface area (Å²) in [7, 11) is 0. The quantitative estimate of drug-likeness (QED) is 0.449. The van der Waals surface area contributed by atoms with Gasteiger partial charge in [0.2, 0.25) is 0 Å². The molecule has 24 heavy (non-hydrogen) atoms. The van der Waals surface area contributed by atoms with Gasteiger partial charge in [-0.15, -0.1) is 0 Å². The molecule has 1 N–H and O–H groups in total. The van der Waals surface area contributed by atoms with E-state index in [1.165, 1.54) is 38.9 Å². The summed E-state index contributed by atoms with van der Waals surface area (Å²) < 4.78 is 0. The van der Waals surface area contributed by atoms with Gasteiger partial charge in [-0.25, -0.2) is 0 Å². The molecule has 120 valence electrons. The number of aryl methyl sites for hydroxylation is 4. The maximum atomic E-state index is 8.95. The topological polar surface area (TPSA) is 23.9 Å². The predicted octanol–water partition coefficient (Wildman–Crippen LogP) is 5.89. The van der Waals surface area contributed by atoms with Crippen LogP contribution in [0.1, 0.15) is 56.0 Å². The lowest BCUT2D eigenvalue weighted by Gasteiger charge is -2.33. The summed E-state index contributed by atoms with van der Waals surface area (Å²) in [6.07, 6.45) is 0. The minimum atomic E-state index is 0.232. The van der Waals surface area contributed by atoms with Gasteiger partial charge in [0.05, 0.1) is 5.71 Å². The van der Waals surface area contributed by atoms with Crippen molar-refractivity contribution in [2.75, 3.05) is 0 Å². The molecule has 1 nitrogen and oxygen atoms in total. The van der Waals surface area contributed by atoms with Gasteiger partial charge in [-0.3, -0.25) is 5.41 Å². The highest BCUT2D eigenvalue weighted by Gasteiger charge is 2.34. The zero-order chi connectivity index (χ0) is 17.0. The highest BCUT2D eigenvalue weighted by atomic mass is 32.1. The van der Waals surface area contributed by atoms with Gasteiger partial charge in [-0.2, -0.15) is 11.3 Å². The Labute approximate surface area is 147 Å². The number of hydrogen-bond donors (Lipinski definition) is 1. The van der Waals surface area contributed by atoms with Crippen molar-refractivity contribution >= 4 is 17.0 Å². The molecule has 0 spiro atoms. The molecule has 4 rings (SSSR count). The lowest BCUT2D eigenvalue weighted by atomic mass is 9.69. The SMILES string of the molecule is Cc1ccc(C)c2c1C(=N)c1c(C)ccc(C)c1C2c1ccsc1. The van der Waals surface area contributed by atoms with E-state index in [0.29, 0.717) is 5.71 Å². The first-order chi connectivity index (χ1) is 11.5. The molecule has 0 unspecified atom stereocenters. The van der Waals surface area contributed by atoms with Crippen LogP contribution in [0.3, 0.4) is 0 Å². The number of nitrogens with one attached hydrogen (secondary N) is 1. The Morgan fingerprint density at radius 1 is 0.750 bits per heavy atom. The fourth-order valence-electron chi connectivity index (χ4n) is 4.12. The molecule has 0 bridgehead atoms. The number of fused-ring (bicyclic) bond motifs is 2. The van der Waals surface area contributed by atoms with Crippen molar-refractivity contribution in [3.63, 3.8) is 0 Å². The number of hydrogen-bond acceptors (Lipinski definition) is 2. The first kappa shape index (κ1) is 15.3. The summed E-state index contributed by atoms with van der Waals surface area (Å²) in [4.78, 5) is 0. The first-order valence-corrected chi connectivity index (χ1v) is 9.26. The molecule has 2 heteroatoms. The van der Waals surface area contributed by atoms with E-state index in [0.717, 1.165) is 11.1 Å². The van der Waals surface area contributed by atoms with Crippen LogP contribution in [0.5, 0.6) is 0 Å². The summed E-state index contributed by atoms with van der Waals surface area (Å²) in [5.74, 6) is 0.232. The van der Waals surface area contributed by atoms with Crippen molar-refractivity contribution in [3.05, 3.63) is 91.2 Å². The minimum absolute atomic E-state index is 0.232. The van der Waals surface area contributed by atoms with Gasteiger partial charge in [0.15, 0.2) is 0 Å². The van der Waals surface area contributed by atoms with E-state index in [-0.39, 0.29) is 5.92 Å². The van der Waals surface area contributed by atoms with Crippen LogP contribution >= 0.6 is 11.3 Å². The highest BCUT2D eigenvalue weighted by Crippen LogP contribution is 2.46. The maximum Gasteiger partial charge on any atom is 0.0696 e. The smallest absolute Gasteiger partial charge is 0.0696 e. The van der Waals surface area contributed by atoms with Gasteiger partial charge < -0.3 is 0 Å². The number of rotatable bonds is 1. The molecular formula is C22H21NS. The molecule has 3 aromatic rings. The van der Waals surface area contributed by atoms with Gasteiger partial charge in [0.1, 0.15) is 0 Å². The van der Waals surface area contributed by atoms with E-state index in [2.05, 4.69) is 68.8 Å². The molecule has 2 aromatic carbocycles. The Morgan fingerprint density at radius 2 is 1.25 bits per heavy atom. The Kier molecular flexibility index (Phi) is 3.47. The Bertz CT molecular complexity index is 903. The summed E-state index contributed by atoms with van der Waals surface area (Å²) in [6, 6.07) is 11.0. The Hall–Kier alpha value is -2.19. The normalized spacial score (nSPS) is 16.0. The number of thiophene rings is 1. The second kappa shape index (κ2) is 5.42. The summed E-state index contributed by atoms with van der Waals surface area (Å²) in [5, 5.41) is 13.4. The molecule has 1 heterocycles. The van der Waals surface area contributed by atoms with Crippen molar-refractivity contribution in [1.29, 1.82) is 5.41 Å². The van der Waals surface area contributed by atoms with Gasteiger partial charge in [-0.1, -0.05) is 24.3 Å². The molecule has 0 atom stereocenters. The van der Waals surface area contributed by atoms with Crippen molar-refractivity contribution in [2.45, 2.75) is 33.6 Å². The molecule has 1 aliphatic rings. The summed E-state index contributed by atoms with van der Waals surface area (Å²) in [5.41, 5.74) is 11.9. The van der Waals surface area contributed by atoms with Gasteiger partial charge in [0, 0.05) is 17.0 Å². The second-order valence-corrected chi connectivity index (χ2v) is 7.62. The Morgan fingerprint density at radius 3 is 1.71 bits per heavy atom. The average molecular weight is 331 g/mol. The van der Waals surface area contributed by atoms with Crippen LogP contribution in [-0.4, -0.2) is 5.71 Å². The molecule has 1 aromatic heterocycles. The summed E-state index contributed by atoms with van der Waals surface area (Å²) in [6.45, 7) is 8.63. The van der Waals surface area contributed by atoms with Crippen LogP contribution in [0, 0.1) is 33.1 Å². The molecule has 0 aliphatic heterocycles. The van der Waals surface area contributed by atoms with E-state index in [4.69, 9.17) is 5.41 Å². The average Bonchev–Trinajstić information content (AvgIpc) is 3.08. The molecule has 0 fully saturated rings. The van der Waals surface area contributed by atoms with Crippen LogP contribution in [0.15, 0.2) is 41.1 Å². The van der Waals surface area contributed by atoms with Crippen LogP contribution < -0.4 is 0 Å². The van der Waals surface area contributed by atoms with Crippen molar-refractivity contribution in [2.24, 2.45) is 0 Å². The van der Waals surface area contributed by atoms with Gasteiger partial charge in [0.25, 0.3) is 0 Å². The molecule has 0 saturated carbocycles. The standard InChI is InChI=1S/C22H21NS/c1-12-5-7-14(3)19-17(12)21(16-9-10-24-11-16)18-13(2)6-8-15(4)20(18)22(19)23/h5-11,21,23H,1-4H3. The fourth-order valence-corrected chi connectivity index (χ4v) is 4.80. The van der Waals surface area contributed by atoms with E-state index in [9.17, 15) is 0 Å². The molecule has 0 radical (unpaired) electrons. The molecule has 0 amide bonds. The predicted molar refractivity (Wildman–Crippen MR) is 103 cm³/mol. The molecule has 0 saturated heterocycles. The third kappa shape index (κ3) is 2.03. The van der Waals surface area contributed by atoms with Crippen LogP contribution in [-0.2, 0) is 0 Å².